The number of sulfonamides is 1. The first kappa shape index (κ1) is 22.8. The Morgan fingerprint density at radius 2 is 1.81 bits per heavy atom. The third-order valence-corrected chi connectivity index (χ3v) is 6.89. The Kier molecular flexibility index (Phi) is 7.70. The number of rotatable bonds is 8. The predicted molar refractivity (Wildman–Crippen MR) is 121 cm³/mol. The third-order valence-electron chi connectivity index (χ3n) is 5.00. The zero-order valence-electron chi connectivity index (χ0n) is 17.8. The molecule has 0 saturated carbocycles. The minimum atomic E-state index is -3.61. The molecule has 0 aliphatic carbocycles. The van der Waals surface area contributed by atoms with E-state index < -0.39 is 10.0 Å². The molecule has 0 spiro atoms. The molecule has 2 aromatic carbocycles. The van der Waals surface area contributed by atoms with Crippen molar-refractivity contribution in [2.24, 2.45) is 0 Å². The van der Waals surface area contributed by atoms with Gasteiger partial charge in [-0.15, -0.1) is 0 Å². The summed E-state index contributed by atoms with van der Waals surface area (Å²) in [5.74, 6) is 0.765. The van der Waals surface area contributed by atoms with E-state index in [1.54, 1.807) is 12.1 Å². The smallest absolute Gasteiger partial charge is 0.248 e. The number of carbonyl (C=O) groups is 1. The lowest BCUT2D eigenvalue weighted by Gasteiger charge is -2.26. The molecule has 1 heterocycles. The first-order chi connectivity index (χ1) is 14.9. The summed E-state index contributed by atoms with van der Waals surface area (Å²) in [6.45, 7) is 3.53. The standard InChI is InChI=1S/C23H28N2O5S/c1-3-30-19-10-7-18(8-11-19)9-14-23(26)24-21-17-20(12-13-22(21)29-2)31(27,28)25-15-5-4-6-16-25/h7-14,17H,3-6,15-16H2,1-2H3,(H,24,26)/b14-9+. The van der Waals surface area contributed by atoms with E-state index in [9.17, 15) is 13.2 Å². The molecule has 2 aromatic rings. The van der Waals surface area contributed by atoms with E-state index in [4.69, 9.17) is 9.47 Å². The Bertz CT molecular complexity index is 1030. The van der Waals surface area contributed by atoms with Crippen LogP contribution in [0.1, 0.15) is 31.7 Å². The average Bonchev–Trinajstić information content (AvgIpc) is 2.79. The lowest BCUT2D eigenvalue weighted by atomic mass is 10.2. The van der Waals surface area contributed by atoms with Gasteiger partial charge in [-0.2, -0.15) is 4.31 Å². The van der Waals surface area contributed by atoms with Crippen molar-refractivity contribution in [2.75, 3.05) is 32.1 Å². The highest BCUT2D eigenvalue weighted by atomic mass is 32.2. The SMILES string of the molecule is CCOc1ccc(/C=C/C(=O)Nc2cc(S(=O)(=O)N3CCCCC3)ccc2OC)cc1. The number of nitrogens with one attached hydrogen (secondary N) is 1. The maximum absolute atomic E-state index is 13.0. The second kappa shape index (κ2) is 10.5. The van der Waals surface area contributed by atoms with Crippen molar-refractivity contribution in [3.63, 3.8) is 0 Å². The fourth-order valence-corrected chi connectivity index (χ4v) is 4.93. The number of ether oxygens (including phenoxy) is 2. The maximum atomic E-state index is 13.0. The van der Waals surface area contributed by atoms with Crippen LogP contribution >= 0.6 is 0 Å². The van der Waals surface area contributed by atoms with Gasteiger partial charge in [0, 0.05) is 19.2 Å². The average molecular weight is 445 g/mol. The summed E-state index contributed by atoms with van der Waals surface area (Å²) < 4.78 is 38.1. The largest absolute Gasteiger partial charge is 0.495 e. The quantitative estimate of drug-likeness (QED) is 0.624. The Morgan fingerprint density at radius 3 is 2.45 bits per heavy atom. The molecule has 1 N–H and O–H groups in total. The van der Waals surface area contributed by atoms with Crippen molar-refractivity contribution in [3.05, 3.63) is 54.1 Å². The van der Waals surface area contributed by atoms with Crippen LogP contribution in [0, 0.1) is 0 Å². The number of nitrogens with zero attached hydrogens (tertiary/aromatic N) is 1. The van der Waals surface area contributed by atoms with E-state index in [0.717, 1.165) is 30.6 Å². The van der Waals surface area contributed by atoms with Gasteiger partial charge in [0.25, 0.3) is 0 Å². The molecule has 1 amide bonds. The van der Waals surface area contributed by atoms with Gasteiger partial charge in [0.05, 0.1) is 24.3 Å². The molecule has 0 aromatic heterocycles. The molecule has 7 nitrogen and oxygen atoms in total. The molecule has 1 aliphatic rings. The molecule has 8 heteroatoms. The maximum Gasteiger partial charge on any atom is 0.248 e. The molecule has 1 saturated heterocycles. The van der Waals surface area contributed by atoms with Crippen LogP contribution in [0.5, 0.6) is 11.5 Å². The molecule has 166 valence electrons. The van der Waals surface area contributed by atoms with Crippen LogP contribution in [-0.4, -0.2) is 45.4 Å². The number of anilines is 1. The van der Waals surface area contributed by atoms with Crippen LogP contribution in [0.15, 0.2) is 53.4 Å². The molecular weight excluding hydrogens is 416 g/mol. The number of benzene rings is 2. The van der Waals surface area contributed by atoms with Crippen LogP contribution in [0.25, 0.3) is 6.08 Å². The first-order valence-electron chi connectivity index (χ1n) is 10.3. The fourth-order valence-electron chi connectivity index (χ4n) is 3.39. The molecular formula is C23H28N2O5S. The van der Waals surface area contributed by atoms with Crippen molar-refractivity contribution in [1.29, 1.82) is 0 Å². The third kappa shape index (κ3) is 5.86. The molecule has 0 bridgehead atoms. The zero-order chi connectivity index (χ0) is 22.3. The van der Waals surface area contributed by atoms with Crippen LogP contribution < -0.4 is 14.8 Å². The molecule has 31 heavy (non-hydrogen) atoms. The number of amides is 1. The van der Waals surface area contributed by atoms with Gasteiger partial charge >= 0.3 is 0 Å². The van der Waals surface area contributed by atoms with Gasteiger partial charge in [-0.25, -0.2) is 8.42 Å². The summed E-state index contributed by atoms with van der Waals surface area (Å²) in [7, 11) is -2.14. The highest BCUT2D eigenvalue weighted by Gasteiger charge is 2.26. The van der Waals surface area contributed by atoms with Crippen LogP contribution in [0.3, 0.4) is 0 Å². The van der Waals surface area contributed by atoms with Gasteiger partial charge in [0.2, 0.25) is 15.9 Å². The van der Waals surface area contributed by atoms with Gasteiger partial charge in [-0.3, -0.25) is 4.79 Å². The van der Waals surface area contributed by atoms with Crippen molar-refractivity contribution < 1.29 is 22.7 Å². The Morgan fingerprint density at radius 1 is 1.10 bits per heavy atom. The monoisotopic (exact) mass is 444 g/mol. The first-order valence-corrected chi connectivity index (χ1v) is 11.8. The summed E-state index contributed by atoms with van der Waals surface area (Å²) in [6, 6.07) is 11.9. The van der Waals surface area contributed by atoms with E-state index in [1.807, 2.05) is 31.2 Å². The minimum absolute atomic E-state index is 0.140. The van der Waals surface area contributed by atoms with Gasteiger partial charge in [0.1, 0.15) is 11.5 Å². The lowest BCUT2D eigenvalue weighted by Crippen LogP contribution is -2.35. The summed E-state index contributed by atoms with van der Waals surface area (Å²) in [6.07, 6.45) is 5.81. The summed E-state index contributed by atoms with van der Waals surface area (Å²) >= 11 is 0. The molecule has 1 fully saturated rings. The Hall–Kier alpha value is -2.84. The molecule has 3 rings (SSSR count). The van der Waals surface area contributed by atoms with Gasteiger partial charge < -0.3 is 14.8 Å². The molecule has 0 radical (unpaired) electrons. The zero-order valence-corrected chi connectivity index (χ0v) is 18.7. The number of hydrogen-bond acceptors (Lipinski definition) is 5. The topological polar surface area (TPSA) is 84.9 Å². The molecule has 0 unspecified atom stereocenters. The van der Waals surface area contributed by atoms with Crippen molar-refractivity contribution in [3.8, 4) is 11.5 Å². The van der Waals surface area contributed by atoms with Crippen molar-refractivity contribution >= 4 is 27.7 Å². The van der Waals surface area contributed by atoms with Gasteiger partial charge in [0.15, 0.2) is 0 Å². The lowest BCUT2D eigenvalue weighted by molar-refractivity contribution is -0.111. The van der Waals surface area contributed by atoms with E-state index in [2.05, 4.69) is 5.32 Å². The fraction of sp³-hybridized carbons (Fsp3) is 0.348. The van der Waals surface area contributed by atoms with E-state index in [0.29, 0.717) is 31.1 Å². The van der Waals surface area contributed by atoms with Crippen molar-refractivity contribution in [2.45, 2.75) is 31.1 Å². The van der Waals surface area contributed by atoms with Crippen molar-refractivity contribution in [1.82, 2.24) is 4.31 Å². The summed E-state index contributed by atoms with van der Waals surface area (Å²) in [4.78, 5) is 12.6. The highest BCUT2D eigenvalue weighted by molar-refractivity contribution is 7.89. The number of piperidine rings is 1. The predicted octanol–water partition coefficient (Wildman–Crippen LogP) is 3.92. The highest BCUT2D eigenvalue weighted by Crippen LogP contribution is 2.30. The van der Waals surface area contributed by atoms with E-state index in [1.165, 1.54) is 29.6 Å². The van der Waals surface area contributed by atoms with E-state index in [-0.39, 0.29) is 10.8 Å². The van der Waals surface area contributed by atoms with Crippen LogP contribution in [0.2, 0.25) is 0 Å². The molecule has 1 aliphatic heterocycles. The van der Waals surface area contributed by atoms with E-state index >= 15 is 0 Å². The number of methoxy groups -OCH3 is 1. The summed E-state index contributed by atoms with van der Waals surface area (Å²) in [5, 5.41) is 2.72. The summed E-state index contributed by atoms with van der Waals surface area (Å²) in [5.41, 5.74) is 1.15. The second-order valence-electron chi connectivity index (χ2n) is 7.15. The Labute approximate surface area is 183 Å². The van der Waals surface area contributed by atoms with Crippen LogP contribution in [-0.2, 0) is 14.8 Å². The normalized spacial score (nSPS) is 15.0. The molecule has 0 atom stereocenters. The minimum Gasteiger partial charge on any atom is -0.495 e. The van der Waals surface area contributed by atoms with Gasteiger partial charge in [-0.1, -0.05) is 18.6 Å². The Balaban J connectivity index is 1.75. The number of hydrogen-bond donors (Lipinski definition) is 1. The van der Waals surface area contributed by atoms with Crippen LogP contribution in [0.4, 0.5) is 5.69 Å². The van der Waals surface area contributed by atoms with Gasteiger partial charge in [-0.05, 0) is 61.7 Å². The number of carbonyl (C=O) groups excluding carboxylic acids is 1. The second-order valence-corrected chi connectivity index (χ2v) is 9.09.